The minimum Gasteiger partial charge on any atom is -0.462 e. The standard InChI is InChI=1S/C24H18ClFN2O4S/c1-3-31-24(30)20-17(14-8-10-15(26)11-9-14)12-33-23(20)27-22(29)19-13(2)32-28-21(19)16-6-4-5-7-18(16)25/h4-12H,3H2,1-2H3,(H,27,29). The second kappa shape index (κ2) is 9.56. The number of halogens is 2. The Morgan fingerprint density at radius 3 is 2.55 bits per heavy atom. The number of nitrogens with zero attached hydrogens (tertiary/aromatic N) is 1. The highest BCUT2D eigenvalue weighted by Crippen LogP contribution is 2.38. The third kappa shape index (κ3) is 4.53. The molecule has 0 aliphatic carbocycles. The summed E-state index contributed by atoms with van der Waals surface area (Å²) in [7, 11) is 0. The quantitative estimate of drug-likeness (QED) is 0.312. The fourth-order valence-electron chi connectivity index (χ4n) is 3.34. The van der Waals surface area contributed by atoms with Crippen molar-refractivity contribution in [2.75, 3.05) is 11.9 Å². The molecule has 1 N–H and O–H groups in total. The number of thiophene rings is 1. The highest BCUT2D eigenvalue weighted by Gasteiger charge is 2.27. The van der Waals surface area contributed by atoms with Crippen LogP contribution in [0.4, 0.5) is 9.39 Å². The number of rotatable bonds is 6. The van der Waals surface area contributed by atoms with Crippen molar-refractivity contribution in [3.8, 4) is 22.4 Å². The van der Waals surface area contributed by atoms with Crippen molar-refractivity contribution < 1.29 is 23.2 Å². The van der Waals surface area contributed by atoms with Crippen molar-refractivity contribution in [1.82, 2.24) is 5.16 Å². The number of carbonyl (C=O) groups is 2. The first-order chi connectivity index (χ1) is 15.9. The van der Waals surface area contributed by atoms with E-state index in [0.29, 0.717) is 38.2 Å². The fraction of sp³-hybridized carbons (Fsp3) is 0.125. The number of anilines is 1. The molecule has 2 aromatic heterocycles. The van der Waals surface area contributed by atoms with E-state index >= 15 is 0 Å². The lowest BCUT2D eigenvalue weighted by molar-refractivity contribution is 0.0529. The van der Waals surface area contributed by atoms with Crippen molar-refractivity contribution >= 4 is 39.8 Å². The molecule has 0 spiro atoms. The Hall–Kier alpha value is -3.49. The molecule has 0 aliphatic heterocycles. The molecule has 4 rings (SSSR count). The number of hydrogen-bond donors (Lipinski definition) is 1. The van der Waals surface area contributed by atoms with E-state index in [9.17, 15) is 14.0 Å². The minimum atomic E-state index is -0.596. The van der Waals surface area contributed by atoms with Crippen molar-refractivity contribution in [1.29, 1.82) is 0 Å². The van der Waals surface area contributed by atoms with Gasteiger partial charge in [0.25, 0.3) is 5.91 Å². The highest BCUT2D eigenvalue weighted by molar-refractivity contribution is 7.15. The predicted molar refractivity (Wildman–Crippen MR) is 125 cm³/mol. The number of aryl methyl sites for hydroxylation is 1. The smallest absolute Gasteiger partial charge is 0.341 e. The molecule has 1 amide bonds. The molecule has 0 saturated carbocycles. The maximum Gasteiger partial charge on any atom is 0.341 e. The highest BCUT2D eigenvalue weighted by atomic mass is 35.5. The summed E-state index contributed by atoms with van der Waals surface area (Å²) in [6.07, 6.45) is 0. The Morgan fingerprint density at radius 1 is 1.12 bits per heavy atom. The van der Waals surface area contributed by atoms with Crippen molar-refractivity contribution in [2.45, 2.75) is 13.8 Å². The Balaban J connectivity index is 1.74. The van der Waals surface area contributed by atoms with Gasteiger partial charge in [0.05, 0.1) is 11.6 Å². The van der Waals surface area contributed by atoms with Crippen molar-refractivity contribution in [3.05, 3.63) is 81.6 Å². The average Bonchev–Trinajstić information content (AvgIpc) is 3.38. The minimum absolute atomic E-state index is 0.159. The van der Waals surface area contributed by atoms with Gasteiger partial charge in [-0.15, -0.1) is 11.3 Å². The molecular formula is C24H18ClFN2O4S. The molecule has 0 fully saturated rings. The molecule has 0 bridgehead atoms. The summed E-state index contributed by atoms with van der Waals surface area (Å²) in [5, 5.41) is 9.23. The van der Waals surface area contributed by atoms with Gasteiger partial charge in [-0.2, -0.15) is 0 Å². The first-order valence-electron chi connectivity index (χ1n) is 9.97. The lowest BCUT2D eigenvalue weighted by Gasteiger charge is -2.09. The SMILES string of the molecule is CCOC(=O)c1c(-c2ccc(F)cc2)csc1NC(=O)c1c(-c2ccccc2Cl)noc1C. The molecule has 4 aromatic rings. The van der Waals surface area contributed by atoms with Gasteiger partial charge in [-0.3, -0.25) is 4.79 Å². The number of carbonyl (C=O) groups excluding carboxylic acids is 2. The topological polar surface area (TPSA) is 81.4 Å². The van der Waals surface area contributed by atoms with Gasteiger partial charge in [0.15, 0.2) is 0 Å². The van der Waals surface area contributed by atoms with Gasteiger partial charge in [-0.05, 0) is 37.6 Å². The van der Waals surface area contributed by atoms with Crippen LogP contribution >= 0.6 is 22.9 Å². The average molecular weight is 485 g/mol. The zero-order chi connectivity index (χ0) is 23.5. The number of aromatic nitrogens is 1. The molecular weight excluding hydrogens is 467 g/mol. The van der Waals surface area contributed by atoms with Crippen LogP contribution in [0.15, 0.2) is 58.4 Å². The van der Waals surface area contributed by atoms with Crippen molar-refractivity contribution in [2.24, 2.45) is 0 Å². The van der Waals surface area contributed by atoms with Crippen LogP contribution in [-0.2, 0) is 4.74 Å². The largest absolute Gasteiger partial charge is 0.462 e. The summed E-state index contributed by atoms with van der Waals surface area (Å²) in [6, 6.07) is 12.7. The molecule has 0 unspecified atom stereocenters. The van der Waals surface area contributed by atoms with Gasteiger partial charge in [-0.1, -0.05) is 47.1 Å². The number of nitrogens with one attached hydrogen (secondary N) is 1. The van der Waals surface area contributed by atoms with Crippen LogP contribution in [0.1, 0.15) is 33.4 Å². The Bertz CT molecular complexity index is 1330. The van der Waals surface area contributed by atoms with Crippen LogP contribution in [0.25, 0.3) is 22.4 Å². The van der Waals surface area contributed by atoms with Crippen molar-refractivity contribution in [3.63, 3.8) is 0 Å². The molecule has 0 atom stereocenters. The van der Waals surface area contributed by atoms with E-state index in [2.05, 4.69) is 10.5 Å². The summed E-state index contributed by atoms with van der Waals surface area (Å²) in [5.41, 5.74) is 2.38. The van der Waals surface area contributed by atoms with Crippen LogP contribution in [-0.4, -0.2) is 23.6 Å². The normalized spacial score (nSPS) is 10.8. The summed E-state index contributed by atoms with van der Waals surface area (Å²) in [4.78, 5) is 26.0. The zero-order valence-corrected chi connectivity index (χ0v) is 19.2. The first kappa shape index (κ1) is 22.7. The molecule has 2 heterocycles. The summed E-state index contributed by atoms with van der Waals surface area (Å²) < 4.78 is 23.9. The lowest BCUT2D eigenvalue weighted by atomic mass is 10.0. The van der Waals surface area contributed by atoms with Crippen LogP contribution in [0.2, 0.25) is 5.02 Å². The van der Waals surface area contributed by atoms with Crippen LogP contribution in [0, 0.1) is 12.7 Å². The van der Waals surface area contributed by atoms with E-state index in [4.69, 9.17) is 20.9 Å². The third-order valence-electron chi connectivity index (χ3n) is 4.87. The maximum atomic E-state index is 13.4. The molecule has 0 radical (unpaired) electrons. The van der Waals surface area contributed by atoms with Gasteiger partial charge in [-0.25, -0.2) is 9.18 Å². The predicted octanol–water partition coefficient (Wildman–Crippen LogP) is 6.60. The number of esters is 1. The number of benzene rings is 2. The Labute approximate surface area is 197 Å². The molecule has 0 aliphatic rings. The van der Waals surface area contributed by atoms with Gasteiger partial charge < -0.3 is 14.6 Å². The summed E-state index contributed by atoms with van der Waals surface area (Å²) in [5.74, 6) is -1.20. The molecule has 168 valence electrons. The van der Waals surface area contributed by atoms with E-state index in [1.54, 1.807) is 55.6 Å². The molecule has 9 heteroatoms. The summed E-state index contributed by atoms with van der Waals surface area (Å²) in [6.45, 7) is 3.47. The van der Waals surface area contributed by atoms with Gasteiger partial charge in [0.2, 0.25) is 0 Å². The zero-order valence-electron chi connectivity index (χ0n) is 17.6. The molecule has 2 aromatic carbocycles. The van der Waals surface area contributed by atoms with Crippen LogP contribution < -0.4 is 5.32 Å². The first-order valence-corrected chi connectivity index (χ1v) is 11.2. The molecule has 0 saturated heterocycles. The lowest BCUT2D eigenvalue weighted by Crippen LogP contribution is -2.16. The Morgan fingerprint density at radius 2 is 1.85 bits per heavy atom. The maximum absolute atomic E-state index is 13.4. The van der Waals surface area contributed by atoms with E-state index < -0.39 is 17.7 Å². The third-order valence-corrected chi connectivity index (χ3v) is 6.10. The van der Waals surface area contributed by atoms with Gasteiger partial charge in [0.1, 0.15) is 33.4 Å². The Kier molecular flexibility index (Phi) is 6.57. The van der Waals surface area contributed by atoms with E-state index in [0.717, 1.165) is 11.3 Å². The van der Waals surface area contributed by atoms with Gasteiger partial charge in [0, 0.05) is 16.5 Å². The van der Waals surface area contributed by atoms with Crippen LogP contribution in [0.5, 0.6) is 0 Å². The number of hydrogen-bond acceptors (Lipinski definition) is 6. The second-order valence-electron chi connectivity index (χ2n) is 6.98. The fourth-order valence-corrected chi connectivity index (χ4v) is 4.52. The monoisotopic (exact) mass is 484 g/mol. The summed E-state index contributed by atoms with van der Waals surface area (Å²) >= 11 is 7.45. The molecule has 33 heavy (non-hydrogen) atoms. The van der Waals surface area contributed by atoms with E-state index in [-0.39, 0.29) is 17.7 Å². The van der Waals surface area contributed by atoms with Gasteiger partial charge >= 0.3 is 5.97 Å². The number of ether oxygens (including phenoxy) is 1. The molecule has 6 nitrogen and oxygen atoms in total. The van der Waals surface area contributed by atoms with E-state index in [1.807, 2.05) is 0 Å². The second-order valence-corrected chi connectivity index (χ2v) is 8.26. The van der Waals surface area contributed by atoms with Crippen LogP contribution in [0.3, 0.4) is 0 Å². The van der Waals surface area contributed by atoms with E-state index in [1.165, 1.54) is 12.1 Å². The number of amides is 1.